The fourth-order valence-corrected chi connectivity index (χ4v) is 3.75. The van der Waals surface area contributed by atoms with Crippen molar-refractivity contribution >= 4 is 5.97 Å². The number of hydrogen-bond donors (Lipinski definition) is 0. The number of esters is 1. The Hall–Kier alpha value is -0.570. The van der Waals surface area contributed by atoms with Gasteiger partial charge >= 0.3 is 5.97 Å². The predicted molar refractivity (Wildman–Crippen MR) is 47.5 cm³/mol. The minimum Gasteiger partial charge on any atom is -0.462 e. The van der Waals surface area contributed by atoms with Crippen molar-refractivity contribution < 1.29 is 14.3 Å². The van der Waals surface area contributed by atoms with Crippen LogP contribution in [0.4, 0.5) is 0 Å². The minimum atomic E-state index is 0.0628. The van der Waals surface area contributed by atoms with Crippen LogP contribution in [0.1, 0.15) is 25.7 Å². The maximum Gasteiger partial charge on any atom is 0.309 e. The minimum absolute atomic E-state index is 0.0628. The lowest BCUT2D eigenvalue weighted by Gasteiger charge is -2.29. The van der Waals surface area contributed by atoms with Crippen molar-refractivity contribution in [3.05, 3.63) is 0 Å². The smallest absolute Gasteiger partial charge is 0.309 e. The second kappa shape index (κ2) is 2.32. The lowest BCUT2D eigenvalue weighted by molar-refractivity contribution is -0.162. The first-order valence-corrected chi connectivity index (χ1v) is 5.67. The normalized spacial score (nSPS) is 58.7. The molecule has 0 N–H and O–H groups in total. The van der Waals surface area contributed by atoms with E-state index in [9.17, 15) is 4.79 Å². The molecule has 2 aliphatic heterocycles. The van der Waals surface area contributed by atoms with Crippen LogP contribution in [-0.2, 0) is 14.3 Å². The van der Waals surface area contributed by atoms with Gasteiger partial charge in [0.25, 0.3) is 0 Å². The number of epoxide rings is 1. The molecule has 2 heterocycles. The first kappa shape index (κ1) is 7.69. The molecule has 3 nitrogen and oxygen atoms in total. The zero-order valence-electron chi connectivity index (χ0n) is 8.02. The Morgan fingerprint density at radius 3 is 2.79 bits per heavy atom. The van der Waals surface area contributed by atoms with Gasteiger partial charge in [-0.1, -0.05) is 0 Å². The summed E-state index contributed by atoms with van der Waals surface area (Å²) < 4.78 is 11.1. The summed E-state index contributed by atoms with van der Waals surface area (Å²) in [6, 6.07) is 0. The van der Waals surface area contributed by atoms with Gasteiger partial charge < -0.3 is 9.47 Å². The summed E-state index contributed by atoms with van der Waals surface area (Å²) in [5, 5.41) is 0. The number of hydrogen-bond acceptors (Lipinski definition) is 3. The zero-order valence-corrected chi connectivity index (χ0v) is 8.02. The average Bonchev–Trinajstić information content (AvgIpc) is 2.77. The molecular formula is C11H14O3. The molecule has 2 saturated heterocycles. The van der Waals surface area contributed by atoms with Crippen LogP contribution in [0, 0.1) is 17.8 Å². The molecule has 76 valence electrons. The molecule has 4 aliphatic rings. The Morgan fingerprint density at radius 1 is 1.00 bits per heavy atom. The van der Waals surface area contributed by atoms with Gasteiger partial charge in [0, 0.05) is 6.42 Å². The van der Waals surface area contributed by atoms with Crippen LogP contribution in [0.2, 0.25) is 0 Å². The molecule has 0 aromatic heterocycles. The quantitative estimate of drug-likeness (QED) is 0.428. The average molecular weight is 194 g/mol. The van der Waals surface area contributed by atoms with Crippen LogP contribution >= 0.6 is 0 Å². The van der Waals surface area contributed by atoms with E-state index >= 15 is 0 Å². The number of rotatable bonds is 0. The van der Waals surface area contributed by atoms with Gasteiger partial charge in [-0.15, -0.1) is 0 Å². The Kier molecular flexibility index (Phi) is 1.28. The van der Waals surface area contributed by atoms with Gasteiger partial charge in [-0.3, -0.25) is 4.79 Å². The third-order valence-electron chi connectivity index (χ3n) is 4.52. The Morgan fingerprint density at radius 2 is 1.86 bits per heavy atom. The predicted octanol–water partition coefficient (Wildman–Crippen LogP) is 1.12. The van der Waals surface area contributed by atoms with Gasteiger partial charge in [-0.2, -0.15) is 0 Å². The van der Waals surface area contributed by atoms with Gasteiger partial charge in [0.2, 0.25) is 0 Å². The van der Waals surface area contributed by atoms with Gasteiger partial charge in [0.15, 0.2) is 0 Å². The van der Waals surface area contributed by atoms with Gasteiger partial charge in [-0.25, -0.2) is 0 Å². The molecule has 0 unspecified atom stereocenters. The molecule has 2 aliphatic carbocycles. The van der Waals surface area contributed by atoms with E-state index in [1.807, 2.05) is 0 Å². The van der Waals surface area contributed by atoms with Crippen molar-refractivity contribution in [3.8, 4) is 0 Å². The molecule has 4 rings (SSSR count). The monoisotopic (exact) mass is 194 g/mol. The van der Waals surface area contributed by atoms with E-state index in [1.54, 1.807) is 0 Å². The van der Waals surface area contributed by atoms with Crippen LogP contribution in [-0.4, -0.2) is 24.3 Å². The fourth-order valence-electron chi connectivity index (χ4n) is 3.75. The van der Waals surface area contributed by atoms with Crippen molar-refractivity contribution in [2.75, 3.05) is 0 Å². The molecule has 0 aromatic rings. The largest absolute Gasteiger partial charge is 0.462 e. The van der Waals surface area contributed by atoms with E-state index in [4.69, 9.17) is 9.47 Å². The number of carbonyl (C=O) groups is 1. The number of ether oxygens (including phenoxy) is 2. The molecule has 2 bridgehead atoms. The van der Waals surface area contributed by atoms with Crippen LogP contribution < -0.4 is 0 Å². The number of fused-ring (bicyclic) bond motifs is 2. The van der Waals surface area contributed by atoms with Crippen molar-refractivity contribution in [1.82, 2.24) is 0 Å². The summed E-state index contributed by atoms with van der Waals surface area (Å²) in [6.45, 7) is 0. The molecule has 14 heavy (non-hydrogen) atoms. The Balaban J connectivity index is 1.70. The van der Waals surface area contributed by atoms with Crippen LogP contribution in [0.5, 0.6) is 0 Å². The zero-order chi connectivity index (χ0) is 9.28. The third kappa shape index (κ3) is 0.888. The Bertz CT molecular complexity index is 301. The summed E-state index contributed by atoms with van der Waals surface area (Å²) >= 11 is 0. The third-order valence-corrected chi connectivity index (χ3v) is 4.52. The van der Waals surface area contributed by atoms with Crippen molar-refractivity contribution in [2.45, 2.75) is 44.0 Å². The van der Waals surface area contributed by atoms with Crippen LogP contribution in [0.15, 0.2) is 0 Å². The first-order chi connectivity index (χ1) is 6.81. The number of carbonyl (C=O) groups excluding carboxylic acids is 1. The van der Waals surface area contributed by atoms with E-state index < -0.39 is 0 Å². The molecule has 0 amide bonds. The maximum atomic E-state index is 11.6. The lowest BCUT2D eigenvalue weighted by atomic mass is 9.88. The SMILES string of the molecule is O=C1O[C@@H]2C[C@H]3O[C@H]3C[C@@H]3C[C@H]1C[C@@H]32. The molecule has 0 radical (unpaired) electrons. The second-order valence-corrected chi connectivity index (χ2v) is 5.25. The lowest BCUT2D eigenvalue weighted by Crippen LogP contribution is -2.34. The molecule has 0 spiro atoms. The molecular weight excluding hydrogens is 180 g/mol. The highest BCUT2D eigenvalue weighted by molar-refractivity contribution is 5.74. The van der Waals surface area contributed by atoms with E-state index in [0.717, 1.165) is 19.3 Å². The summed E-state index contributed by atoms with van der Waals surface area (Å²) in [5.74, 6) is 1.65. The fraction of sp³-hybridized carbons (Fsp3) is 0.909. The summed E-state index contributed by atoms with van der Waals surface area (Å²) in [7, 11) is 0. The van der Waals surface area contributed by atoms with Gasteiger partial charge in [0.1, 0.15) is 6.10 Å². The Labute approximate surface area is 82.8 Å². The molecule has 6 atom stereocenters. The standard InChI is InChI=1S/C11H14O3/c12-11-6-1-5-3-9-10(13-9)4-8(14-11)7(5)2-6/h5-10H,1-4H2/t5-,6-,7-,8+,9-,10+/m0/s1. The van der Waals surface area contributed by atoms with Crippen molar-refractivity contribution in [2.24, 2.45) is 17.8 Å². The van der Waals surface area contributed by atoms with Gasteiger partial charge in [-0.05, 0) is 31.1 Å². The van der Waals surface area contributed by atoms with E-state index in [0.29, 0.717) is 24.0 Å². The first-order valence-electron chi connectivity index (χ1n) is 5.67. The highest BCUT2D eigenvalue weighted by atomic mass is 16.6. The van der Waals surface area contributed by atoms with E-state index in [1.165, 1.54) is 6.42 Å². The highest BCUT2D eigenvalue weighted by Crippen LogP contribution is 2.52. The summed E-state index contributed by atoms with van der Waals surface area (Å²) in [5.41, 5.74) is 0. The molecule has 2 saturated carbocycles. The van der Waals surface area contributed by atoms with Crippen molar-refractivity contribution in [1.29, 1.82) is 0 Å². The van der Waals surface area contributed by atoms with Crippen molar-refractivity contribution in [3.63, 3.8) is 0 Å². The highest BCUT2D eigenvalue weighted by Gasteiger charge is 2.56. The topological polar surface area (TPSA) is 38.8 Å². The van der Waals surface area contributed by atoms with Crippen LogP contribution in [0.3, 0.4) is 0 Å². The molecule has 3 heteroatoms. The maximum absolute atomic E-state index is 11.6. The van der Waals surface area contributed by atoms with E-state index in [2.05, 4.69) is 0 Å². The molecule has 4 fully saturated rings. The van der Waals surface area contributed by atoms with E-state index in [-0.39, 0.29) is 18.0 Å². The summed E-state index contributed by atoms with van der Waals surface area (Å²) in [4.78, 5) is 11.6. The van der Waals surface area contributed by atoms with Crippen LogP contribution in [0.25, 0.3) is 0 Å². The second-order valence-electron chi connectivity index (χ2n) is 5.25. The summed E-state index contributed by atoms with van der Waals surface area (Å²) in [6.07, 6.45) is 5.39. The van der Waals surface area contributed by atoms with Gasteiger partial charge in [0.05, 0.1) is 18.1 Å². The molecule has 0 aromatic carbocycles.